The molecule has 1 fully saturated rings. The molecule has 1 amide bonds. The monoisotopic (exact) mass is 338 g/mol. The fourth-order valence-corrected chi connectivity index (χ4v) is 3.50. The average Bonchev–Trinajstić information content (AvgIpc) is 3.25. The smallest absolute Gasteiger partial charge is 0.275 e. The highest BCUT2D eigenvalue weighted by Gasteiger charge is 2.34. The minimum Gasteiger partial charge on any atom is -0.467 e. The molecule has 0 saturated carbocycles. The molecule has 0 radical (unpaired) electrons. The predicted molar refractivity (Wildman–Crippen MR) is 81.3 cm³/mol. The van der Waals surface area contributed by atoms with Gasteiger partial charge in [-0.25, -0.2) is 12.7 Å². The topological polar surface area (TPSA) is 84.0 Å². The van der Waals surface area contributed by atoms with Crippen LogP contribution in [0.4, 0.5) is 0 Å². The fraction of sp³-hybridized carbons (Fsp3) is 0.400. The third-order valence-electron chi connectivity index (χ3n) is 3.94. The van der Waals surface area contributed by atoms with Crippen molar-refractivity contribution in [1.29, 1.82) is 0 Å². The van der Waals surface area contributed by atoms with Crippen LogP contribution in [0.1, 0.15) is 35.0 Å². The number of carbonyl (C=O) groups excluding carboxylic acids is 1. The van der Waals surface area contributed by atoms with Gasteiger partial charge in [-0.1, -0.05) is 0 Å². The fourth-order valence-electron chi connectivity index (χ4n) is 2.70. The summed E-state index contributed by atoms with van der Waals surface area (Å²) in [5.74, 6) is 0.480. The van der Waals surface area contributed by atoms with Crippen molar-refractivity contribution in [3.05, 3.63) is 42.0 Å². The summed E-state index contributed by atoms with van der Waals surface area (Å²) in [7, 11) is -0.873. The summed E-state index contributed by atoms with van der Waals surface area (Å²) in [5, 5.41) is -0.236. The van der Waals surface area contributed by atoms with Crippen LogP contribution in [-0.2, 0) is 10.0 Å². The number of carbonyl (C=O) groups is 1. The maximum atomic E-state index is 12.7. The molecule has 1 aliphatic heterocycles. The Balaban J connectivity index is 1.85. The summed E-state index contributed by atoms with van der Waals surface area (Å²) < 4.78 is 35.6. The van der Waals surface area contributed by atoms with Crippen LogP contribution >= 0.6 is 0 Å². The normalized spacial score (nSPS) is 18.7. The lowest BCUT2D eigenvalue weighted by Gasteiger charge is -2.22. The molecule has 1 atom stereocenters. The third kappa shape index (κ3) is 2.79. The summed E-state index contributed by atoms with van der Waals surface area (Å²) in [6.07, 6.45) is 4.46. The first-order valence-corrected chi connectivity index (χ1v) is 8.70. The summed E-state index contributed by atoms with van der Waals surface area (Å²) >= 11 is 0. The van der Waals surface area contributed by atoms with Crippen molar-refractivity contribution in [2.24, 2.45) is 0 Å². The molecule has 0 aromatic carbocycles. The Morgan fingerprint density at radius 2 is 2.13 bits per heavy atom. The van der Waals surface area contributed by atoms with Crippen molar-refractivity contribution >= 4 is 15.9 Å². The molecule has 1 unspecified atom stereocenters. The standard InChI is InChI=1S/C15H18N2O5S/c1-16(2)23(19,20)14-9-11(10-22-14)15(18)17-7-3-5-12(17)13-6-4-8-21-13/h4,6,8-10,12H,3,5,7H2,1-2H3. The van der Waals surface area contributed by atoms with Gasteiger partial charge in [-0.2, -0.15) is 0 Å². The molecule has 3 heterocycles. The number of rotatable bonds is 4. The molecule has 0 bridgehead atoms. The summed E-state index contributed by atoms with van der Waals surface area (Å²) in [6, 6.07) is 4.78. The molecule has 2 aromatic heterocycles. The van der Waals surface area contributed by atoms with Crippen molar-refractivity contribution in [3.8, 4) is 0 Å². The Bertz CT molecular complexity index is 792. The highest BCUT2D eigenvalue weighted by Crippen LogP contribution is 2.33. The van der Waals surface area contributed by atoms with E-state index in [0.29, 0.717) is 6.54 Å². The molecule has 1 aliphatic rings. The van der Waals surface area contributed by atoms with Gasteiger partial charge in [-0.3, -0.25) is 4.79 Å². The highest BCUT2D eigenvalue weighted by molar-refractivity contribution is 7.88. The van der Waals surface area contributed by atoms with Crippen LogP contribution in [0.5, 0.6) is 0 Å². The van der Waals surface area contributed by atoms with E-state index in [4.69, 9.17) is 8.83 Å². The van der Waals surface area contributed by atoms with Crippen LogP contribution < -0.4 is 0 Å². The molecule has 124 valence electrons. The Morgan fingerprint density at radius 3 is 2.78 bits per heavy atom. The summed E-state index contributed by atoms with van der Waals surface area (Å²) in [6.45, 7) is 0.602. The van der Waals surface area contributed by atoms with Gasteiger partial charge in [-0.05, 0) is 25.0 Å². The number of hydrogen-bond acceptors (Lipinski definition) is 5. The maximum Gasteiger partial charge on any atom is 0.275 e. The van der Waals surface area contributed by atoms with Gasteiger partial charge < -0.3 is 13.7 Å². The van der Waals surface area contributed by atoms with Crippen LogP contribution in [0, 0.1) is 0 Å². The lowest BCUT2D eigenvalue weighted by Crippen LogP contribution is -2.30. The Hall–Kier alpha value is -2.06. The zero-order chi connectivity index (χ0) is 16.6. The van der Waals surface area contributed by atoms with E-state index in [2.05, 4.69) is 0 Å². The van der Waals surface area contributed by atoms with Crippen molar-refractivity contribution in [3.63, 3.8) is 0 Å². The quantitative estimate of drug-likeness (QED) is 0.852. The Kier molecular flexibility index (Phi) is 4.03. The zero-order valence-corrected chi connectivity index (χ0v) is 13.7. The lowest BCUT2D eigenvalue weighted by molar-refractivity contribution is 0.0719. The molecule has 2 aromatic rings. The molecule has 0 aliphatic carbocycles. The summed E-state index contributed by atoms with van der Waals surface area (Å²) in [5.41, 5.74) is 0.226. The first-order chi connectivity index (χ1) is 10.9. The molecule has 3 rings (SSSR count). The SMILES string of the molecule is CN(C)S(=O)(=O)c1cc(C(=O)N2CCCC2c2ccco2)co1. The molecule has 23 heavy (non-hydrogen) atoms. The van der Waals surface area contributed by atoms with Gasteiger partial charge in [-0.15, -0.1) is 0 Å². The van der Waals surface area contributed by atoms with E-state index < -0.39 is 10.0 Å². The van der Waals surface area contributed by atoms with E-state index in [1.54, 1.807) is 17.2 Å². The highest BCUT2D eigenvalue weighted by atomic mass is 32.2. The van der Waals surface area contributed by atoms with Gasteiger partial charge >= 0.3 is 0 Å². The van der Waals surface area contributed by atoms with Gasteiger partial charge in [0.2, 0.25) is 5.09 Å². The van der Waals surface area contributed by atoms with Gasteiger partial charge in [0.1, 0.15) is 12.0 Å². The van der Waals surface area contributed by atoms with Crippen LogP contribution in [0.15, 0.2) is 44.7 Å². The third-order valence-corrected chi connectivity index (χ3v) is 5.63. The number of amides is 1. The minimum atomic E-state index is -3.69. The molecular formula is C15H18N2O5S. The molecule has 0 spiro atoms. The number of hydrogen-bond donors (Lipinski definition) is 0. The predicted octanol–water partition coefficient (Wildman–Crippen LogP) is 2.10. The average molecular weight is 338 g/mol. The largest absolute Gasteiger partial charge is 0.467 e. The van der Waals surface area contributed by atoms with Crippen LogP contribution in [-0.4, -0.2) is 44.2 Å². The molecule has 0 N–H and O–H groups in total. The van der Waals surface area contributed by atoms with E-state index in [0.717, 1.165) is 22.9 Å². The van der Waals surface area contributed by atoms with E-state index in [-0.39, 0.29) is 22.6 Å². The van der Waals surface area contributed by atoms with Crippen LogP contribution in [0.3, 0.4) is 0 Å². The zero-order valence-electron chi connectivity index (χ0n) is 12.9. The van der Waals surface area contributed by atoms with E-state index in [1.165, 1.54) is 26.4 Å². The van der Waals surface area contributed by atoms with E-state index >= 15 is 0 Å². The van der Waals surface area contributed by atoms with Crippen molar-refractivity contribution < 1.29 is 22.0 Å². The Morgan fingerprint density at radius 1 is 1.35 bits per heavy atom. The number of likely N-dealkylation sites (tertiary alicyclic amines) is 1. The van der Waals surface area contributed by atoms with Gasteiger partial charge in [0.05, 0.1) is 17.9 Å². The number of sulfonamides is 1. The van der Waals surface area contributed by atoms with Gasteiger partial charge in [0, 0.05) is 26.7 Å². The second kappa shape index (κ2) is 5.86. The Labute approximate surface area is 134 Å². The van der Waals surface area contributed by atoms with E-state index in [9.17, 15) is 13.2 Å². The van der Waals surface area contributed by atoms with Crippen molar-refractivity contribution in [1.82, 2.24) is 9.21 Å². The molecular weight excluding hydrogens is 320 g/mol. The molecule has 1 saturated heterocycles. The minimum absolute atomic E-state index is 0.124. The summed E-state index contributed by atoms with van der Waals surface area (Å²) in [4.78, 5) is 14.4. The number of furan rings is 2. The second-order valence-corrected chi connectivity index (χ2v) is 7.70. The van der Waals surface area contributed by atoms with Crippen molar-refractivity contribution in [2.75, 3.05) is 20.6 Å². The van der Waals surface area contributed by atoms with Gasteiger partial charge in [0.15, 0.2) is 0 Å². The second-order valence-electron chi connectivity index (χ2n) is 5.61. The maximum absolute atomic E-state index is 12.7. The first-order valence-electron chi connectivity index (χ1n) is 7.26. The van der Waals surface area contributed by atoms with Crippen LogP contribution in [0.2, 0.25) is 0 Å². The number of nitrogens with zero attached hydrogens (tertiary/aromatic N) is 2. The van der Waals surface area contributed by atoms with Crippen molar-refractivity contribution in [2.45, 2.75) is 24.0 Å². The lowest BCUT2D eigenvalue weighted by atomic mass is 10.1. The van der Waals surface area contributed by atoms with E-state index in [1.807, 2.05) is 6.07 Å². The first kappa shape index (κ1) is 15.8. The molecule has 7 nitrogen and oxygen atoms in total. The van der Waals surface area contributed by atoms with Crippen LogP contribution in [0.25, 0.3) is 0 Å². The molecule has 8 heteroatoms. The van der Waals surface area contributed by atoms with Gasteiger partial charge in [0.25, 0.3) is 15.9 Å².